The van der Waals surface area contributed by atoms with Crippen LogP contribution in [0.1, 0.15) is 43.5 Å². The maximum absolute atomic E-state index is 12.9. The molecule has 0 aliphatic rings. The zero-order chi connectivity index (χ0) is 20.1. The lowest BCUT2D eigenvalue weighted by Gasteiger charge is -2.28. The predicted molar refractivity (Wildman–Crippen MR) is 109 cm³/mol. The van der Waals surface area contributed by atoms with Crippen LogP contribution in [0, 0.1) is 6.92 Å². The first-order valence-electron chi connectivity index (χ1n) is 9.46. The average Bonchev–Trinajstić information content (AvgIpc) is 3.27. The Balaban J connectivity index is 1.80. The summed E-state index contributed by atoms with van der Waals surface area (Å²) < 4.78 is 7.54. The number of urea groups is 1. The molecule has 2 heterocycles. The van der Waals surface area contributed by atoms with Crippen molar-refractivity contribution in [3.05, 3.63) is 77.8 Å². The molecule has 3 aromatic rings. The van der Waals surface area contributed by atoms with Crippen molar-refractivity contribution >= 4 is 6.03 Å². The Morgan fingerprint density at radius 3 is 2.64 bits per heavy atom. The van der Waals surface area contributed by atoms with E-state index in [9.17, 15) is 4.79 Å². The van der Waals surface area contributed by atoms with E-state index in [0.29, 0.717) is 13.1 Å². The van der Waals surface area contributed by atoms with Crippen molar-refractivity contribution in [3.8, 4) is 0 Å². The van der Waals surface area contributed by atoms with Crippen LogP contribution >= 0.6 is 0 Å². The van der Waals surface area contributed by atoms with Crippen LogP contribution in [-0.4, -0.2) is 26.0 Å². The van der Waals surface area contributed by atoms with E-state index < -0.39 is 0 Å². The maximum atomic E-state index is 12.9. The summed E-state index contributed by atoms with van der Waals surface area (Å²) in [6, 6.07) is 11.9. The molecule has 0 bridgehead atoms. The number of benzene rings is 1. The summed E-state index contributed by atoms with van der Waals surface area (Å²) in [5.74, 6) is 1.57. The Morgan fingerprint density at radius 1 is 1.18 bits per heavy atom. The molecule has 1 aromatic carbocycles. The Bertz CT molecular complexity index is 907. The summed E-state index contributed by atoms with van der Waals surface area (Å²) in [4.78, 5) is 19.1. The standard InChI is InChI=1S/C22H28N4O2/c1-17-8-5-6-9-18(17)14-25-12-11-23-20(25)16-26(15-19-10-7-13-28-19)21(27)24-22(2,3)4/h5-13H,14-16H2,1-4H3,(H,24,27). The van der Waals surface area contributed by atoms with Gasteiger partial charge >= 0.3 is 6.03 Å². The minimum absolute atomic E-state index is 0.144. The molecular formula is C22H28N4O2. The van der Waals surface area contributed by atoms with E-state index in [-0.39, 0.29) is 11.6 Å². The third-order valence-corrected chi connectivity index (χ3v) is 4.43. The van der Waals surface area contributed by atoms with Gasteiger partial charge in [-0.2, -0.15) is 0 Å². The van der Waals surface area contributed by atoms with Crippen LogP contribution < -0.4 is 5.32 Å². The number of furan rings is 1. The minimum atomic E-state index is -0.324. The topological polar surface area (TPSA) is 63.3 Å². The van der Waals surface area contributed by atoms with Crippen molar-refractivity contribution in [1.29, 1.82) is 0 Å². The summed E-state index contributed by atoms with van der Waals surface area (Å²) in [6.07, 6.45) is 5.35. The van der Waals surface area contributed by atoms with Gasteiger partial charge in [0.15, 0.2) is 0 Å². The number of carbonyl (C=O) groups is 1. The molecule has 0 atom stereocenters. The molecule has 0 spiro atoms. The predicted octanol–water partition coefficient (Wildman–Crippen LogP) is 4.34. The van der Waals surface area contributed by atoms with E-state index in [1.54, 1.807) is 17.4 Å². The Morgan fingerprint density at radius 2 is 1.96 bits per heavy atom. The Labute approximate surface area is 166 Å². The Kier molecular flexibility index (Phi) is 5.87. The second-order valence-electron chi connectivity index (χ2n) is 8.01. The van der Waals surface area contributed by atoms with Gasteiger partial charge in [0.25, 0.3) is 0 Å². The van der Waals surface area contributed by atoms with Crippen LogP contribution in [-0.2, 0) is 19.6 Å². The van der Waals surface area contributed by atoms with Crippen LogP contribution in [0.5, 0.6) is 0 Å². The third kappa shape index (κ3) is 5.25. The second-order valence-corrected chi connectivity index (χ2v) is 8.01. The first-order valence-corrected chi connectivity index (χ1v) is 9.46. The number of imidazole rings is 1. The molecule has 148 valence electrons. The number of aromatic nitrogens is 2. The summed E-state index contributed by atoms with van der Waals surface area (Å²) in [6.45, 7) is 9.50. The highest BCUT2D eigenvalue weighted by Crippen LogP contribution is 2.15. The number of nitrogens with one attached hydrogen (secondary N) is 1. The first kappa shape index (κ1) is 19.7. The molecule has 1 N–H and O–H groups in total. The van der Waals surface area contributed by atoms with E-state index in [0.717, 1.165) is 18.1 Å². The number of carbonyl (C=O) groups excluding carboxylic acids is 1. The van der Waals surface area contributed by atoms with Crippen molar-refractivity contribution in [1.82, 2.24) is 19.8 Å². The molecule has 0 unspecified atom stereocenters. The fourth-order valence-corrected chi connectivity index (χ4v) is 2.97. The van der Waals surface area contributed by atoms with Crippen LogP contribution in [0.4, 0.5) is 4.79 Å². The summed E-state index contributed by atoms with van der Waals surface area (Å²) in [7, 11) is 0. The monoisotopic (exact) mass is 380 g/mol. The van der Waals surface area contributed by atoms with E-state index in [1.165, 1.54) is 11.1 Å². The highest BCUT2D eigenvalue weighted by Gasteiger charge is 2.22. The van der Waals surface area contributed by atoms with Crippen molar-refractivity contribution < 1.29 is 9.21 Å². The van der Waals surface area contributed by atoms with Crippen LogP contribution in [0.15, 0.2) is 59.5 Å². The second kappa shape index (κ2) is 8.33. The molecule has 0 aliphatic heterocycles. The smallest absolute Gasteiger partial charge is 0.318 e. The van der Waals surface area contributed by atoms with Gasteiger partial charge in [0.2, 0.25) is 0 Å². The number of rotatable bonds is 6. The molecule has 2 amide bonds. The number of hydrogen-bond acceptors (Lipinski definition) is 3. The van der Waals surface area contributed by atoms with Gasteiger partial charge in [-0.3, -0.25) is 0 Å². The zero-order valence-corrected chi connectivity index (χ0v) is 17.0. The summed E-state index contributed by atoms with van der Waals surface area (Å²) >= 11 is 0. The molecule has 0 fully saturated rings. The normalized spacial score (nSPS) is 11.4. The Hall–Kier alpha value is -3.02. The van der Waals surface area contributed by atoms with E-state index >= 15 is 0 Å². The van der Waals surface area contributed by atoms with Crippen molar-refractivity contribution in [2.24, 2.45) is 0 Å². The molecule has 3 rings (SSSR count). The molecule has 28 heavy (non-hydrogen) atoms. The molecule has 0 aliphatic carbocycles. The SMILES string of the molecule is Cc1ccccc1Cn1ccnc1CN(Cc1ccco1)C(=O)NC(C)(C)C. The lowest BCUT2D eigenvalue weighted by Crippen LogP contribution is -2.48. The molecule has 0 saturated heterocycles. The van der Waals surface area contributed by atoms with Gasteiger partial charge in [-0.15, -0.1) is 0 Å². The minimum Gasteiger partial charge on any atom is -0.467 e. The van der Waals surface area contributed by atoms with E-state index in [2.05, 4.69) is 33.9 Å². The van der Waals surface area contributed by atoms with Crippen LogP contribution in [0.25, 0.3) is 0 Å². The van der Waals surface area contributed by atoms with Crippen LogP contribution in [0.2, 0.25) is 0 Å². The first-order chi connectivity index (χ1) is 13.3. The quantitative estimate of drug-likeness (QED) is 0.692. The van der Waals surface area contributed by atoms with Crippen molar-refractivity contribution in [2.45, 2.75) is 52.9 Å². The highest BCUT2D eigenvalue weighted by molar-refractivity contribution is 5.74. The largest absolute Gasteiger partial charge is 0.467 e. The lowest BCUT2D eigenvalue weighted by molar-refractivity contribution is 0.176. The summed E-state index contributed by atoms with van der Waals surface area (Å²) in [5, 5.41) is 3.03. The number of aryl methyl sites for hydroxylation is 1. The fourth-order valence-electron chi connectivity index (χ4n) is 2.97. The third-order valence-electron chi connectivity index (χ3n) is 4.43. The molecule has 0 saturated carbocycles. The molecule has 6 nitrogen and oxygen atoms in total. The molecule has 0 radical (unpaired) electrons. The highest BCUT2D eigenvalue weighted by atomic mass is 16.3. The van der Waals surface area contributed by atoms with E-state index in [4.69, 9.17) is 4.42 Å². The molecular weight excluding hydrogens is 352 g/mol. The average molecular weight is 380 g/mol. The fraction of sp³-hybridized carbons (Fsp3) is 0.364. The van der Waals surface area contributed by atoms with Crippen LogP contribution in [0.3, 0.4) is 0 Å². The molecule has 6 heteroatoms. The molecule has 2 aromatic heterocycles. The van der Waals surface area contributed by atoms with Gasteiger partial charge in [-0.1, -0.05) is 24.3 Å². The van der Waals surface area contributed by atoms with Gasteiger partial charge in [0.05, 0.1) is 19.4 Å². The number of nitrogens with zero attached hydrogens (tertiary/aromatic N) is 3. The van der Waals surface area contributed by atoms with Crippen molar-refractivity contribution in [3.63, 3.8) is 0 Å². The zero-order valence-electron chi connectivity index (χ0n) is 17.0. The summed E-state index contributed by atoms with van der Waals surface area (Å²) in [5.41, 5.74) is 2.15. The van der Waals surface area contributed by atoms with Gasteiger partial charge in [-0.25, -0.2) is 9.78 Å². The van der Waals surface area contributed by atoms with Gasteiger partial charge in [0.1, 0.15) is 11.6 Å². The number of amides is 2. The van der Waals surface area contributed by atoms with Gasteiger partial charge in [-0.05, 0) is 51.0 Å². The van der Waals surface area contributed by atoms with Gasteiger partial charge < -0.3 is 19.2 Å². The van der Waals surface area contributed by atoms with Crippen molar-refractivity contribution in [2.75, 3.05) is 0 Å². The lowest BCUT2D eigenvalue weighted by atomic mass is 10.1. The van der Waals surface area contributed by atoms with Gasteiger partial charge in [0, 0.05) is 24.5 Å². The van der Waals surface area contributed by atoms with E-state index in [1.807, 2.05) is 51.2 Å². The maximum Gasteiger partial charge on any atom is 0.318 e. The number of hydrogen-bond donors (Lipinski definition) is 1.